The van der Waals surface area contributed by atoms with Crippen LogP contribution in [0.2, 0.25) is 0 Å². The van der Waals surface area contributed by atoms with Gasteiger partial charge in [-0.25, -0.2) is 4.98 Å². The van der Waals surface area contributed by atoms with E-state index in [1.807, 2.05) is 47.4 Å². The second kappa shape index (κ2) is 7.65. The molecule has 0 saturated heterocycles. The monoisotopic (exact) mass is 345 g/mol. The summed E-state index contributed by atoms with van der Waals surface area (Å²) in [6.45, 7) is 0.724. The minimum absolute atomic E-state index is 0.00563. The van der Waals surface area contributed by atoms with E-state index in [1.165, 1.54) is 18.4 Å². The highest BCUT2D eigenvalue weighted by Crippen LogP contribution is 2.25. The summed E-state index contributed by atoms with van der Waals surface area (Å²) in [6.07, 6.45) is 7.05. The summed E-state index contributed by atoms with van der Waals surface area (Å²) in [4.78, 5) is 24.2. The lowest BCUT2D eigenvalue weighted by Gasteiger charge is -2.29. The number of fused-ring (bicyclic) bond motifs is 1. The SMILES string of the molecule is O=C(c1cnc2ccccc2n1)N(CCc1ccccc1)C1CCCC1. The lowest BCUT2D eigenvalue weighted by atomic mass is 10.1. The Morgan fingerprint density at radius 1 is 0.962 bits per heavy atom. The molecule has 26 heavy (non-hydrogen) atoms. The van der Waals surface area contributed by atoms with Crippen molar-refractivity contribution in [3.8, 4) is 0 Å². The molecule has 4 heteroatoms. The zero-order chi connectivity index (χ0) is 17.8. The van der Waals surface area contributed by atoms with Crippen LogP contribution >= 0.6 is 0 Å². The molecule has 1 aromatic heterocycles. The molecule has 0 bridgehead atoms. The number of carbonyl (C=O) groups excluding carboxylic acids is 1. The van der Waals surface area contributed by atoms with Crippen molar-refractivity contribution >= 4 is 16.9 Å². The van der Waals surface area contributed by atoms with Crippen LogP contribution in [0, 0.1) is 0 Å². The van der Waals surface area contributed by atoms with Gasteiger partial charge in [-0.2, -0.15) is 0 Å². The van der Waals surface area contributed by atoms with Crippen LogP contribution in [-0.2, 0) is 6.42 Å². The molecule has 1 heterocycles. The van der Waals surface area contributed by atoms with Gasteiger partial charge in [0.2, 0.25) is 0 Å². The first kappa shape index (κ1) is 16.7. The van der Waals surface area contributed by atoms with Crippen LogP contribution in [0.5, 0.6) is 0 Å². The zero-order valence-corrected chi connectivity index (χ0v) is 14.8. The predicted molar refractivity (Wildman–Crippen MR) is 103 cm³/mol. The largest absolute Gasteiger partial charge is 0.334 e. The first-order valence-corrected chi connectivity index (χ1v) is 9.38. The second-order valence-corrected chi connectivity index (χ2v) is 6.92. The molecule has 1 fully saturated rings. The third-order valence-electron chi connectivity index (χ3n) is 5.18. The Morgan fingerprint density at radius 3 is 2.42 bits per heavy atom. The van der Waals surface area contributed by atoms with Gasteiger partial charge in [0, 0.05) is 12.6 Å². The topological polar surface area (TPSA) is 46.1 Å². The van der Waals surface area contributed by atoms with E-state index in [2.05, 4.69) is 22.1 Å². The summed E-state index contributed by atoms with van der Waals surface area (Å²) in [5, 5.41) is 0. The summed E-state index contributed by atoms with van der Waals surface area (Å²) >= 11 is 0. The molecule has 0 radical (unpaired) electrons. The molecule has 1 saturated carbocycles. The molecule has 2 aromatic carbocycles. The quantitative estimate of drug-likeness (QED) is 0.694. The van der Waals surface area contributed by atoms with E-state index in [4.69, 9.17) is 0 Å². The minimum atomic E-state index is 0.00563. The summed E-state index contributed by atoms with van der Waals surface area (Å²) in [5.74, 6) is 0.00563. The van der Waals surface area contributed by atoms with Crippen LogP contribution in [-0.4, -0.2) is 33.4 Å². The van der Waals surface area contributed by atoms with E-state index in [9.17, 15) is 4.79 Å². The predicted octanol–water partition coefficient (Wildman–Crippen LogP) is 4.26. The van der Waals surface area contributed by atoms with Gasteiger partial charge in [0.05, 0.1) is 17.2 Å². The number of hydrogen-bond donors (Lipinski definition) is 0. The molecule has 0 aliphatic heterocycles. The van der Waals surface area contributed by atoms with Crippen molar-refractivity contribution in [2.24, 2.45) is 0 Å². The van der Waals surface area contributed by atoms with Gasteiger partial charge in [-0.05, 0) is 37.0 Å². The number of amides is 1. The van der Waals surface area contributed by atoms with Gasteiger partial charge in [-0.1, -0.05) is 55.3 Å². The van der Waals surface area contributed by atoms with E-state index in [-0.39, 0.29) is 5.91 Å². The lowest BCUT2D eigenvalue weighted by Crippen LogP contribution is -2.40. The Morgan fingerprint density at radius 2 is 1.65 bits per heavy atom. The van der Waals surface area contributed by atoms with Crippen LogP contribution in [0.25, 0.3) is 11.0 Å². The van der Waals surface area contributed by atoms with Crippen LogP contribution in [0.3, 0.4) is 0 Å². The molecule has 132 valence electrons. The Bertz CT molecular complexity index is 888. The fraction of sp³-hybridized carbons (Fsp3) is 0.318. The van der Waals surface area contributed by atoms with Gasteiger partial charge in [0.15, 0.2) is 0 Å². The van der Waals surface area contributed by atoms with E-state index in [0.717, 1.165) is 36.8 Å². The average molecular weight is 345 g/mol. The van der Waals surface area contributed by atoms with E-state index >= 15 is 0 Å². The molecule has 0 N–H and O–H groups in total. The van der Waals surface area contributed by atoms with Crippen molar-refractivity contribution in [1.29, 1.82) is 0 Å². The fourth-order valence-corrected chi connectivity index (χ4v) is 3.77. The van der Waals surface area contributed by atoms with Crippen molar-refractivity contribution in [2.45, 2.75) is 38.1 Å². The summed E-state index contributed by atoms with van der Waals surface area (Å²) < 4.78 is 0. The number of carbonyl (C=O) groups is 1. The van der Waals surface area contributed by atoms with Crippen LogP contribution < -0.4 is 0 Å². The normalized spacial score (nSPS) is 14.6. The summed E-state index contributed by atoms with van der Waals surface area (Å²) in [6, 6.07) is 18.4. The van der Waals surface area contributed by atoms with Crippen molar-refractivity contribution < 1.29 is 4.79 Å². The molecule has 1 aliphatic rings. The highest BCUT2D eigenvalue weighted by Gasteiger charge is 2.28. The van der Waals surface area contributed by atoms with Crippen LogP contribution in [0.15, 0.2) is 60.8 Å². The van der Waals surface area contributed by atoms with Gasteiger partial charge in [-0.15, -0.1) is 0 Å². The highest BCUT2D eigenvalue weighted by atomic mass is 16.2. The van der Waals surface area contributed by atoms with E-state index < -0.39 is 0 Å². The molecule has 0 atom stereocenters. The summed E-state index contributed by atoms with van der Waals surface area (Å²) in [5.41, 5.74) is 3.30. The summed E-state index contributed by atoms with van der Waals surface area (Å²) in [7, 11) is 0. The average Bonchev–Trinajstić information content (AvgIpc) is 3.23. The molecule has 0 unspecified atom stereocenters. The van der Waals surface area contributed by atoms with Crippen LogP contribution in [0.1, 0.15) is 41.7 Å². The van der Waals surface area contributed by atoms with Gasteiger partial charge in [0.25, 0.3) is 5.91 Å². The smallest absolute Gasteiger partial charge is 0.274 e. The Kier molecular flexibility index (Phi) is 4.91. The Balaban J connectivity index is 1.58. The van der Waals surface area contributed by atoms with Crippen molar-refractivity contribution in [3.05, 3.63) is 72.1 Å². The number of rotatable bonds is 5. The second-order valence-electron chi connectivity index (χ2n) is 6.92. The maximum absolute atomic E-state index is 13.2. The molecule has 3 aromatic rings. The van der Waals surface area contributed by atoms with Crippen molar-refractivity contribution in [3.63, 3.8) is 0 Å². The third kappa shape index (κ3) is 3.59. The Labute approximate surface area is 153 Å². The lowest BCUT2D eigenvalue weighted by molar-refractivity contribution is 0.0678. The maximum Gasteiger partial charge on any atom is 0.274 e. The number of hydrogen-bond acceptors (Lipinski definition) is 3. The van der Waals surface area contributed by atoms with Crippen LogP contribution in [0.4, 0.5) is 0 Å². The molecule has 1 aliphatic carbocycles. The molecule has 4 nitrogen and oxygen atoms in total. The first-order valence-electron chi connectivity index (χ1n) is 9.38. The standard InChI is InChI=1S/C22H23N3O/c26-22(21-16-23-19-12-6-7-13-20(19)24-21)25(18-10-4-5-11-18)15-14-17-8-2-1-3-9-17/h1-3,6-9,12-13,16,18H,4-5,10-11,14-15H2. The van der Waals surface area contributed by atoms with E-state index in [0.29, 0.717) is 11.7 Å². The molecular weight excluding hydrogens is 322 g/mol. The van der Waals surface area contributed by atoms with Gasteiger partial charge < -0.3 is 4.90 Å². The minimum Gasteiger partial charge on any atom is -0.334 e. The molecular formula is C22H23N3O. The van der Waals surface area contributed by atoms with Gasteiger partial charge >= 0.3 is 0 Å². The first-order chi connectivity index (χ1) is 12.8. The Hall–Kier alpha value is -2.75. The van der Waals surface area contributed by atoms with Crippen molar-refractivity contribution in [2.75, 3.05) is 6.54 Å². The number of benzene rings is 2. The molecule has 4 rings (SSSR count). The van der Waals surface area contributed by atoms with E-state index in [1.54, 1.807) is 6.20 Å². The molecule has 0 spiro atoms. The maximum atomic E-state index is 13.2. The van der Waals surface area contributed by atoms with Gasteiger partial charge in [0.1, 0.15) is 5.69 Å². The fourth-order valence-electron chi connectivity index (χ4n) is 3.77. The number of nitrogens with zero attached hydrogens (tertiary/aromatic N) is 3. The van der Waals surface area contributed by atoms with Crippen molar-refractivity contribution in [1.82, 2.24) is 14.9 Å². The van der Waals surface area contributed by atoms with Gasteiger partial charge in [-0.3, -0.25) is 9.78 Å². The number of para-hydroxylation sites is 2. The zero-order valence-electron chi connectivity index (χ0n) is 14.8. The molecule has 1 amide bonds. The number of aromatic nitrogens is 2. The highest BCUT2D eigenvalue weighted by molar-refractivity contribution is 5.94. The third-order valence-corrected chi connectivity index (χ3v) is 5.18.